The van der Waals surface area contributed by atoms with E-state index in [4.69, 9.17) is 4.98 Å². The topological polar surface area (TPSA) is 57.5 Å². The van der Waals surface area contributed by atoms with Crippen LogP contribution in [-0.2, 0) is 6.54 Å². The molecule has 4 nitrogen and oxygen atoms in total. The molecule has 0 spiro atoms. The molecule has 1 atom stereocenters. The molecule has 3 aromatic rings. The molecular formula is C21H17FN2O2. The van der Waals surface area contributed by atoms with Gasteiger partial charge in [-0.25, -0.2) is 9.37 Å². The zero-order chi connectivity index (χ0) is 18.3. The van der Waals surface area contributed by atoms with Crippen molar-refractivity contribution in [3.05, 3.63) is 76.7 Å². The maximum atomic E-state index is 13.5. The Morgan fingerprint density at radius 3 is 2.77 bits per heavy atom. The minimum absolute atomic E-state index is 0.204. The molecule has 1 unspecified atom stereocenters. The van der Waals surface area contributed by atoms with Crippen LogP contribution in [0.15, 0.2) is 48.5 Å². The molecule has 2 heterocycles. The largest absolute Gasteiger partial charge is 0.545 e. The number of rotatable bonds is 2. The second-order valence-electron chi connectivity index (χ2n) is 6.65. The number of fused-ring (bicyclic) bond motifs is 2. The number of aromatic carboxylic acids is 1. The molecule has 0 bridgehead atoms. The van der Waals surface area contributed by atoms with Gasteiger partial charge < -0.3 is 14.8 Å². The molecule has 0 saturated carbocycles. The molecule has 1 aliphatic heterocycles. The van der Waals surface area contributed by atoms with Gasteiger partial charge in [-0.2, -0.15) is 0 Å². The van der Waals surface area contributed by atoms with Crippen molar-refractivity contribution in [1.82, 2.24) is 4.98 Å². The van der Waals surface area contributed by atoms with E-state index in [2.05, 4.69) is 0 Å². The highest BCUT2D eigenvalue weighted by atomic mass is 19.1. The number of carboxylic acids is 1. The molecule has 130 valence electrons. The minimum atomic E-state index is -1.19. The fraction of sp³-hybridized carbons (Fsp3) is 0.143. The summed E-state index contributed by atoms with van der Waals surface area (Å²) in [6, 6.07) is 13.5. The van der Waals surface area contributed by atoms with Gasteiger partial charge in [0.05, 0.1) is 24.2 Å². The van der Waals surface area contributed by atoms with Gasteiger partial charge in [0.15, 0.2) is 0 Å². The molecule has 0 amide bonds. The van der Waals surface area contributed by atoms with Gasteiger partial charge in [0, 0.05) is 22.1 Å². The van der Waals surface area contributed by atoms with Crippen LogP contribution in [0.25, 0.3) is 22.6 Å². The van der Waals surface area contributed by atoms with Gasteiger partial charge in [-0.15, -0.1) is 0 Å². The summed E-state index contributed by atoms with van der Waals surface area (Å²) in [7, 11) is 2.00. The predicted octanol–water partition coefficient (Wildman–Crippen LogP) is 1.31. The molecule has 2 aromatic carbocycles. The van der Waals surface area contributed by atoms with Crippen LogP contribution in [0.1, 0.15) is 27.2 Å². The van der Waals surface area contributed by atoms with E-state index in [1.54, 1.807) is 24.3 Å². The summed E-state index contributed by atoms with van der Waals surface area (Å²) < 4.78 is 13.5. The minimum Gasteiger partial charge on any atom is -0.545 e. The van der Waals surface area contributed by atoms with Crippen molar-refractivity contribution in [1.29, 1.82) is 0 Å². The molecule has 1 N–H and O–H groups in total. The first-order chi connectivity index (χ1) is 12.5. The van der Waals surface area contributed by atoms with Crippen molar-refractivity contribution in [3.8, 4) is 0 Å². The van der Waals surface area contributed by atoms with E-state index >= 15 is 0 Å². The number of quaternary nitrogens is 1. The number of hydrogen-bond acceptors (Lipinski definition) is 3. The third-order valence-corrected chi connectivity index (χ3v) is 4.66. The summed E-state index contributed by atoms with van der Waals surface area (Å²) in [6.07, 6.45) is 1.88. The van der Waals surface area contributed by atoms with Crippen LogP contribution in [0, 0.1) is 5.82 Å². The SMILES string of the molecule is C[NH+]1C/C(=C\c2cccc(F)c2)c2nc3ccccc3c(C(=O)[O-])c2C1. The van der Waals surface area contributed by atoms with Gasteiger partial charge in [0.2, 0.25) is 0 Å². The fourth-order valence-electron chi connectivity index (χ4n) is 3.61. The number of halogens is 1. The summed E-state index contributed by atoms with van der Waals surface area (Å²) in [5.74, 6) is -1.50. The first kappa shape index (κ1) is 16.4. The van der Waals surface area contributed by atoms with Crippen LogP contribution in [-0.4, -0.2) is 24.5 Å². The summed E-state index contributed by atoms with van der Waals surface area (Å²) in [4.78, 5) is 17.8. The lowest BCUT2D eigenvalue weighted by atomic mass is 9.92. The van der Waals surface area contributed by atoms with E-state index < -0.39 is 5.97 Å². The number of benzene rings is 2. The Kier molecular flexibility index (Phi) is 4.01. The molecular weight excluding hydrogens is 331 g/mol. The maximum Gasteiger partial charge on any atom is 0.123 e. The van der Waals surface area contributed by atoms with E-state index in [0.717, 1.165) is 16.0 Å². The molecule has 4 rings (SSSR count). The normalized spacial score (nSPS) is 18.1. The van der Waals surface area contributed by atoms with Crippen molar-refractivity contribution < 1.29 is 19.2 Å². The average molecular weight is 348 g/mol. The molecule has 5 heteroatoms. The Hall–Kier alpha value is -3.05. The molecule has 0 fully saturated rings. The highest BCUT2D eigenvalue weighted by Gasteiger charge is 2.27. The third kappa shape index (κ3) is 2.86. The molecule has 0 radical (unpaired) electrons. The quantitative estimate of drug-likeness (QED) is 0.760. The van der Waals surface area contributed by atoms with E-state index in [-0.39, 0.29) is 11.4 Å². The van der Waals surface area contributed by atoms with Crippen LogP contribution >= 0.6 is 0 Å². The Morgan fingerprint density at radius 2 is 2.00 bits per heavy atom. The summed E-state index contributed by atoms with van der Waals surface area (Å²) >= 11 is 0. The zero-order valence-electron chi connectivity index (χ0n) is 14.3. The summed E-state index contributed by atoms with van der Waals surface area (Å²) in [6.45, 7) is 1.23. The van der Waals surface area contributed by atoms with Crippen molar-refractivity contribution in [3.63, 3.8) is 0 Å². The summed E-state index contributed by atoms with van der Waals surface area (Å²) in [5.41, 5.74) is 3.78. The van der Waals surface area contributed by atoms with Crippen LogP contribution in [0.2, 0.25) is 0 Å². The number of carbonyl (C=O) groups is 1. The fourth-order valence-corrected chi connectivity index (χ4v) is 3.61. The lowest BCUT2D eigenvalue weighted by Crippen LogP contribution is -3.08. The number of aromatic nitrogens is 1. The van der Waals surface area contributed by atoms with Crippen molar-refractivity contribution in [2.75, 3.05) is 13.6 Å². The van der Waals surface area contributed by atoms with Crippen LogP contribution in [0.4, 0.5) is 4.39 Å². The Balaban J connectivity index is 1.99. The standard InChI is InChI=1S/C21H17FN2O2/c1-24-11-14(9-13-5-4-6-15(22)10-13)20-17(12-24)19(21(25)26)16-7-2-3-8-18(16)23-20/h2-10H,11-12H2,1H3,(H,25,26)/b14-9+. The van der Waals surface area contributed by atoms with Gasteiger partial charge in [-0.05, 0) is 29.8 Å². The average Bonchev–Trinajstić information content (AvgIpc) is 2.59. The van der Waals surface area contributed by atoms with Crippen molar-refractivity contribution in [2.45, 2.75) is 6.54 Å². The van der Waals surface area contributed by atoms with Gasteiger partial charge in [0.25, 0.3) is 0 Å². The zero-order valence-corrected chi connectivity index (χ0v) is 14.3. The smallest absolute Gasteiger partial charge is 0.123 e. The number of para-hydroxylation sites is 1. The molecule has 26 heavy (non-hydrogen) atoms. The number of hydrogen-bond donors (Lipinski definition) is 1. The van der Waals surface area contributed by atoms with E-state index in [1.807, 2.05) is 25.3 Å². The van der Waals surface area contributed by atoms with E-state index in [1.165, 1.54) is 12.1 Å². The van der Waals surface area contributed by atoms with Crippen LogP contribution in [0.3, 0.4) is 0 Å². The molecule has 0 saturated heterocycles. The highest BCUT2D eigenvalue weighted by Crippen LogP contribution is 2.29. The van der Waals surface area contributed by atoms with Crippen molar-refractivity contribution in [2.24, 2.45) is 0 Å². The predicted molar refractivity (Wildman–Crippen MR) is 95.8 cm³/mol. The number of likely N-dealkylation sites (N-methyl/N-ethyl adjacent to an activating group) is 1. The first-order valence-electron chi connectivity index (χ1n) is 8.43. The Bertz CT molecular complexity index is 1060. The van der Waals surface area contributed by atoms with Gasteiger partial charge in [0.1, 0.15) is 18.9 Å². The van der Waals surface area contributed by atoms with Crippen LogP contribution in [0.5, 0.6) is 0 Å². The molecule has 1 aliphatic rings. The van der Waals surface area contributed by atoms with Gasteiger partial charge >= 0.3 is 0 Å². The molecule has 0 aliphatic carbocycles. The van der Waals surface area contributed by atoms with Crippen LogP contribution < -0.4 is 10.0 Å². The number of carboxylic acid groups (broad SMARTS) is 1. The lowest BCUT2D eigenvalue weighted by Gasteiger charge is -2.27. The lowest BCUT2D eigenvalue weighted by molar-refractivity contribution is -0.887. The van der Waals surface area contributed by atoms with Crippen molar-refractivity contribution >= 4 is 28.5 Å². The number of carbonyl (C=O) groups excluding carboxylic acids is 1. The first-order valence-corrected chi connectivity index (χ1v) is 8.43. The van der Waals surface area contributed by atoms with E-state index in [0.29, 0.717) is 35.2 Å². The summed E-state index contributed by atoms with van der Waals surface area (Å²) in [5, 5.41) is 12.5. The van der Waals surface area contributed by atoms with Gasteiger partial charge in [-0.3, -0.25) is 0 Å². The van der Waals surface area contributed by atoms with E-state index in [9.17, 15) is 14.3 Å². The highest BCUT2D eigenvalue weighted by molar-refractivity contribution is 6.04. The molecule has 1 aromatic heterocycles. The third-order valence-electron chi connectivity index (χ3n) is 4.66. The number of pyridine rings is 1. The Labute approximate surface area is 150 Å². The Morgan fingerprint density at radius 1 is 1.19 bits per heavy atom. The number of nitrogens with one attached hydrogen (secondary N) is 1. The number of nitrogens with zero attached hydrogens (tertiary/aromatic N) is 1. The maximum absolute atomic E-state index is 13.5. The second-order valence-corrected chi connectivity index (χ2v) is 6.65. The second kappa shape index (κ2) is 6.35. The monoisotopic (exact) mass is 348 g/mol. The van der Waals surface area contributed by atoms with Gasteiger partial charge in [-0.1, -0.05) is 30.3 Å².